The predicted octanol–water partition coefficient (Wildman–Crippen LogP) is 3.51. The molecule has 0 radical (unpaired) electrons. The Morgan fingerprint density at radius 1 is 1.33 bits per heavy atom. The van der Waals surface area contributed by atoms with Gasteiger partial charge in [0.15, 0.2) is 0 Å². The van der Waals surface area contributed by atoms with Gasteiger partial charge in [-0.3, -0.25) is 0 Å². The smallest absolute Gasteiger partial charge is 0.416 e. The maximum atomic E-state index is 12.6. The average molecular weight is 257 g/mol. The Labute approximate surface area is 103 Å². The van der Waals surface area contributed by atoms with Crippen LogP contribution in [0, 0.1) is 5.92 Å². The molecule has 0 bridgehead atoms. The molecule has 1 heterocycles. The fourth-order valence-electron chi connectivity index (χ4n) is 1.72. The molecule has 18 heavy (non-hydrogen) atoms. The van der Waals surface area contributed by atoms with E-state index in [1.807, 2.05) is 13.8 Å². The second-order valence-corrected chi connectivity index (χ2v) is 4.64. The van der Waals surface area contributed by atoms with Crippen LogP contribution in [0.5, 0.6) is 0 Å². The molecule has 0 N–H and O–H groups in total. The Balaban J connectivity index is 2.28. The van der Waals surface area contributed by atoms with Crippen molar-refractivity contribution in [2.45, 2.75) is 26.1 Å². The Morgan fingerprint density at radius 2 is 2.06 bits per heavy atom. The quantitative estimate of drug-likeness (QED) is 0.794. The van der Waals surface area contributed by atoms with Gasteiger partial charge >= 0.3 is 6.18 Å². The SMILES string of the molecule is CC(C)[C@H]1COC(c2cccc(C(F)(F)F)c2)=N1. The lowest BCUT2D eigenvalue weighted by atomic mass is 10.1. The highest BCUT2D eigenvalue weighted by atomic mass is 19.4. The van der Waals surface area contributed by atoms with Crippen LogP contribution in [-0.2, 0) is 10.9 Å². The van der Waals surface area contributed by atoms with E-state index in [2.05, 4.69) is 4.99 Å². The number of alkyl halides is 3. The molecule has 0 saturated carbocycles. The van der Waals surface area contributed by atoms with Crippen molar-refractivity contribution >= 4 is 5.90 Å². The van der Waals surface area contributed by atoms with Gasteiger partial charge in [0.25, 0.3) is 0 Å². The summed E-state index contributed by atoms with van der Waals surface area (Å²) in [6, 6.07) is 5.08. The van der Waals surface area contributed by atoms with E-state index in [1.165, 1.54) is 6.07 Å². The minimum atomic E-state index is -4.34. The van der Waals surface area contributed by atoms with Crippen molar-refractivity contribution in [1.29, 1.82) is 0 Å². The van der Waals surface area contributed by atoms with Crippen molar-refractivity contribution in [3.63, 3.8) is 0 Å². The molecule has 1 aromatic rings. The van der Waals surface area contributed by atoms with Gasteiger partial charge in [-0.2, -0.15) is 13.2 Å². The van der Waals surface area contributed by atoms with Crippen LogP contribution in [0.1, 0.15) is 25.0 Å². The standard InChI is InChI=1S/C13H14F3NO/c1-8(2)11-7-18-12(17-11)9-4-3-5-10(6-9)13(14,15)16/h3-6,8,11H,7H2,1-2H3/t11-/m1/s1. The van der Waals surface area contributed by atoms with Gasteiger partial charge in [-0.1, -0.05) is 19.9 Å². The lowest BCUT2D eigenvalue weighted by molar-refractivity contribution is -0.137. The van der Waals surface area contributed by atoms with Crippen molar-refractivity contribution in [3.8, 4) is 0 Å². The summed E-state index contributed by atoms with van der Waals surface area (Å²) in [6.45, 7) is 4.45. The third-order valence-corrected chi connectivity index (χ3v) is 2.88. The Kier molecular flexibility index (Phi) is 3.32. The van der Waals surface area contributed by atoms with E-state index in [4.69, 9.17) is 4.74 Å². The van der Waals surface area contributed by atoms with E-state index in [0.29, 0.717) is 24.0 Å². The maximum Gasteiger partial charge on any atom is 0.416 e. The Morgan fingerprint density at radius 3 is 2.61 bits per heavy atom. The molecule has 0 saturated heterocycles. The maximum absolute atomic E-state index is 12.6. The first-order valence-electron chi connectivity index (χ1n) is 5.76. The first kappa shape index (κ1) is 12.9. The van der Waals surface area contributed by atoms with E-state index in [-0.39, 0.29) is 6.04 Å². The highest BCUT2D eigenvalue weighted by Crippen LogP contribution is 2.30. The van der Waals surface area contributed by atoms with E-state index >= 15 is 0 Å². The molecule has 0 amide bonds. The van der Waals surface area contributed by atoms with Gasteiger partial charge in [0, 0.05) is 5.56 Å². The largest absolute Gasteiger partial charge is 0.475 e. The number of ether oxygens (including phenoxy) is 1. The summed E-state index contributed by atoms with van der Waals surface area (Å²) in [6.07, 6.45) is -4.34. The van der Waals surface area contributed by atoms with Gasteiger partial charge in [-0.25, -0.2) is 4.99 Å². The fourth-order valence-corrected chi connectivity index (χ4v) is 1.72. The van der Waals surface area contributed by atoms with Crippen LogP contribution in [0.4, 0.5) is 13.2 Å². The molecular formula is C13H14F3NO. The highest BCUT2D eigenvalue weighted by molar-refractivity contribution is 5.95. The van der Waals surface area contributed by atoms with Gasteiger partial charge in [-0.05, 0) is 24.1 Å². The van der Waals surface area contributed by atoms with Crippen molar-refractivity contribution in [1.82, 2.24) is 0 Å². The molecular weight excluding hydrogens is 243 g/mol. The molecule has 2 nitrogen and oxygen atoms in total. The topological polar surface area (TPSA) is 21.6 Å². The highest BCUT2D eigenvalue weighted by Gasteiger charge is 2.31. The second kappa shape index (κ2) is 4.63. The third kappa shape index (κ3) is 2.66. The lowest BCUT2D eigenvalue weighted by Gasteiger charge is -2.08. The molecule has 2 rings (SSSR count). The second-order valence-electron chi connectivity index (χ2n) is 4.64. The number of hydrogen-bond donors (Lipinski definition) is 0. The molecule has 0 spiro atoms. The summed E-state index contributed by atoms with van der Waals surface area (Å²) in [5.74, 6) is 0.619. The summed E-state index contributed by atoms with van der Waals surface area (Å²) in [7, 11) is 0. The Bertz CT molecular complexity index is 466. The molecule has 0 aromatic heterocycles. The number of rotatable bonds is 2. The van der Waals surface area contributed by atoms with E-state index in [9.17, 15) is 13.2 Å². The van der Waals surface area contributed by atoms with Gasteiger partial charge < -0.3 is 4.74 Å². The van der Waals surface area contributed by atoms with Gasteiger partial charge in [-0.15, -0.1) is 0 Å². The summed E-state index contributed by atoms with van der Waals surface area (Å²) < 4.78 is 43.1. The van der Waals surface area contributed by atoms with Crippen LogP contribution >= 0.6 is 0 Å². The van der Waals surface area contributed by atoms with E-state index in [1.54, 1.807) is 6.07 Å². The molecule has 1 aliphatic rings. The molecule has 1 atom stereocenters. The molecule has 0 unspecified atom stereocenters. The van der Waals surface area contributed by atoms with Crippen molar-refractivity contribution in [3.05, 3.63) is 35.4 Å². The summed E-state index contributed by atoms with van der Waals surface area (Å²) in [5, 5.41) is 0. The molecule has 5 heteroatoms. The predicted molar refractivity (Wildman–Crippen MR) is 62.6 cm³/mol. The van der Waals surface area contributed by atoms with Crippen LogP contribution in [0.15, 0.2) is 29.3 Å². The number of aliphatic imine (C=N–C) groups is 1. The molecule has 98 valence electrons. The molecule has 1 aliphatic heterocycles. The average Bonchev–Trinajstić information content (AvgIpc) is 2.77. The number of benzene rings is 1. The zero-order valence-corrected chi connectivity index (χ0v) is 10.2. The first-order valence-corrected chi connectivity index (χ1v) is 5.76. The van der Waals surface area contributed by atoms with Gasteiger partial charge in [0.05, 0.1) is 11.6 Å². The van der Waals surface area contributed by atoms with Crippen LogP contribution in [0.2, 0.25) is 0 Å². The number of nitrogens with zero attached hydrogens (tertiary/aromatic N) is 1. The van der Waals surface area contributed by atoms with Crippen molar-refractivity contribution in [2.75, 3.05) is 6.61 Å². The van der Waals surface area contributed by atoms with Crippen LogP contribution in [0.25, 0.3) is 0 Å². The van der Waals surface area contributed by atoms with Gasteiger partial charge in [0.2, 0.25) is 5.90 Å². The molecule has 1 aromatic carbocycles. The normalized spacial score (nSPS) is 19.9. The van der Waals surface area contributed by atoms with E-state index in [0.717, 1.165) is 12.1 Å². The van der Waals surface area contributed by atoms with Crippen LogP contribution in [-0.4, -0.2) is 18.5 Å². The summed E-state index contributed by atoms with van der Waals surface area (Å²) in [4.78, 5) is 4.31. The summed E-state index contributed by atoms with van der Waals surface area (Å²) >= 11 is 0. The van der Waals surface area contributed by atoms with Crippen LogP contribution < -0.4 is 0 Å². The monoisotopic (exact) mass is 257 g/mol. The van der Waals surface area contributed by atoms with Crippen molar-refractivity contribution < 1.29 is 17.9 Å². The number of hydrogen-bond acceptors (Lipinski definition) is 2. The first-order chi connectivity index (χ1) is 8.38. The lowest BCUT2D eigenvalue weighted by Crippen LogP contribution is -2.13. The molecule has 0 fully saturated rings. The zero-order chi connectivity index (χ0) is 13.3. The fraction of sp³-hybridized carbons (Fsp3) is 0.462. The van der Waals surface area contributed by atoms with Crippen molar-refractivity contribution in [2.24, 2.45) is 10.9 Å². The number of halogens is 3. The minimum absolute atomic E-state index is 0.0227. The van der Waals surface area contributed by atoms with Gasteiger partial charge in [0.1, 0.15) is 6.61 Å². The third-order valence-electron chi connectivity index (χ3n) is 2.88. The minimum Gasteiger partial charge on any atom is -0.475 e. The van der Waals surface area contributed by atoms with Crippen LogP contribution in [0.3, 0.4) is 0 Å². The Hall–Kier alpha value is -1.52. The van der Waals surface area contributed by atoms with E-state index < -0.39 is 11.7 Å². The zero-order valence-electron chi connectivity index (χ0n) is 10.2. The molecule has 0 aliphatic carbocycles. The summed E-state index contributed by atoms with van der Waals surface area (Å²) in [5.41, 5.74) is -0.299.